The molecular weight excluding hydrogens is 288 g/mol. The van der Waals surface area contributed by atoms with Crippen LogP contribution in [0, 0.1) is 11.3 Å². The largest absolute Gasteiger partial charge is 0.345 e. The molecule has 5 heteroatoms. The van der Waals surface area contributed by atoms with E-state index in [1.54, 1.807) is 18.3 Å². The summed E-state index contributed by atoms with van der Waals surface area (Å²) in [4.78, 5) is 16.2. The lowest BCUT2D eigenvalue weighted by molar-refractivity contribution is -0.112. The molecule has 116 valence electrons. The van der Waals surface area contributed by atoms with E-state index in [2.05, 4.69) is 29.5 Å². The minimum Gasteiger partial charge on any atom is -0.345 e. The fraction of sp³-hybridized carbons (Fsp3) is 0.167. The van der Waals surface area contributed by atoms with E-state index in [1.165, 1.54) is 11.8 Å². The highest BCUT2D eigenvalue weighted by Gasteiger charge is 2.09. The summed E-state index contributed by atoms with van der Waals surface area (Å²) in [5.74, 6) is 0.527. The van der Waals surface area contributed by atoms with Gasteiger partial charge < -0.3 is 10.6 Å². The molecule has 0 saturated carbocycles. The van der Waals surface area contributed by atoms with Gasteiger partial charge in [-0.2, -0.15) is 5.26 Å². The highest BCUT2D eigenvalue weighted by Crippen LogP contribution is 2.17. The molecule has 1 aromatic carbocycles. The first-order valence-electron chi connectivity index (χ1n) is 7.29. The van der Waals surface area contributed by atoms with Gasteiger partial charge in [-0.25, -0.2) is 4.98 Å². The summed E-state index contributed by atoms with van der Waals surface area (Å²) in [6.07, 6.45) is 2.97. The third-order valence-corrected chi connectivity index (χ3v) is 3.23. The van der Waals surface area contributed by atoms with Gasteiger partial charge in [-0.1, -0.05) is 32.0 Å². The van der Waals surface area contributed by atoms with Crippen molar-refractivity contribution in [3.63, 3.8) is 0 Å². The lowest BCUT2D eigenvalue weighted by Gasteiger charge is -2.08. The van der Waals surface area contributed by atoms with Crippen LogP contribution in [0.3, 0.4) is 0 Å². The summed E-state index contributed by atoms with van der Waals surface area (Å²) in [5, 5.41) is 14.7. The molecule has 1 heterocycles. The molecule has 0 atom stereocenters. The maximum absolute atomic E-state index is 12.1. The Morgan fingerprint density at radius 3 is 2.52 bits per heavy atom. The smallest absolute Gasteiger partial charge is 0.267 e. The summed E-state index contributed by atoms with van der Waals surface area (Å²) < 4.78 is 0. The Bertz CT molecular complexity index is 728. The zero-order valence-corrected chi connectivity index (χ0v) is 13.1. The van der Waals surface area contributed by atoms with Gasteiger partial charge in [0.25, 0.3) is 5.91 Å². The van der Waals surface area contributed by atoms with Crippen molar-refractivity contribution in [3.8, 4) is 6.07 Å². The molecule has 2 rings (SSSR count). The number of benzene rings is 1. The molecule has 1 amide bonds. The van der Waals surface area contributed by atoms with Gasteiger partial charge in [-0.3, -0.25) is 4.79 Å². The Kier molecular flexibility index (Phi) is 5.48. The first-order valence-corrected chi connectivity index (χ1v) is 7.29. The Morgan fingerprint density at radius 2 is 1.96 bits per heavy atom. The van der Waals surface area contributed by atoms with E-state index in [0.717, 1.165) is 0 Å². The first kappa shape index (κ1) is 16.2. The topological polar surface area (TPSA) is 77.8 Å². The number of pyridine rings is 1. The number of amides is 1. The summed E-state index contributed by atoms with van der Waals surface area (Å²) >= 11 is 0. The summed E-state index contributed by atoms with van der Waals surface area (Å²) in [6.45, 7) is 4.21. The van der Waals surface area contributed by atoms with Crippen LogP contribution < -0.4 is 10.6 Å². The van der Waals surface area contributed by atoms with Crippen molar-refractivity contribution in [2.75, 3.05) is 10.6 Å². The van der Waals surface area contributed by atoms with Crippen LogP contribution >= 0.6 is 0 Å². The van der Waals surface area contributed by atoms with Gasteiger partial charge in [0.05, 0.1) is 0 Å². The third kappa shape index (κ3) is 4.68. The molecule has 0 bridgehead atoms. The van der Waals surface area contributed by atoms with Crippen LogP contribution in [0.1, 0.15) is 25.3 Å². The quantitative estimate of drug-likeness (QED) is 0.652. The second-order valence-corrected chi connectivity index (χ2v) is 5.26. The molecule has 0 spiro atoms. The number of nitriles is 1. The van der Waals surface area contributed by atoms with Gasteiger partial charge in [-0.05, 0) is 35.7 Å². The molecule has 0 unspecified atom stereocenters. The fourth-order valence-corrected chi connectivity index (χ4v) is 1.89. The Balaban J connectivity index is 2.04. The van der Waals surface area contributed by atoms with Crippen molar-refractivity contribution in [2.45, 2.75) is 19.8 Å². The number of rotatable bonds is 5. The Hall–Kier alpha value is -3.13. The van der Waals surface area contributed by atoms with Gasteiger partial charge in [0, 0.05) is 18.1 Å². The van der Waals surface area contributed by atoms with Crippen LogP contribution in [0.5, 0.6) is 0 Å². The zero-order valence-electron chi connectivity index (χ0n) is 13.1. The maximum Gasteiger partial charge on any atom is 0.267 e. The van der Waals surface area contributed by atoms with Crippen LogP contribution in [-0.4, -0.2) is 10.9 Å². The van der Waals surface area contributed by atoms with Crippen molar-refractivity contribution in [3.05, 3.63) is 66.0 Å². The number of anilines is 2. The minimum absolute atomic E-state index is 0.0245. The molecule has 2 N–H and O–H groups in total. The van der Waals surface area contributed by atoms with Crippen LogP contribution in [0.2, 0.25) is 0 Å². The van der Waals surface area contributed by atoms with E-state index in [4.69, 9.17) is 5.26 Å². The van der Waals surface area contributed by atoms with E-state index in [9.17, 15) is 4.79 Å². The average molecular weight is 306 g/mol. The number of carbonyl (C=O) groups is 1. The zero-order chi connectivity index (χ0) is 16.7. The first-order chi connectivity index (χ1) is 11.1. The van der Waals surface area contributed by atoms with Gasteiger partial charge in [0.2, 0.25) is 0 Å². The summed E-state index contributed by atoms with van der Waals surface area (Å²) in [6, 6.07) is 14.8. The van der Waals surface area contributed by atoms with Crippen molar-refractivity contribution in [1.82, 2.24) is 4.98 Å². The normalized spacial score (nSPS) is 11.0. The second-order valence-electron chi connectivity index (χ2n) is 5.26. The predicted octanol–water partition coefficient (Wildman–Crippen LogP) is 3.66. The predicted molar refractivity (Wildman–Crippen MR) is 90.7 cm³/mol. The molecule has 5 nitrogen and oxygen atoms in total. The monoisotopic (exact) mass is 306 g/mol. The highest BCUT2D eigenvalue weighted by atomic mass is 16.1. The molecule has 0 aliphatic rings. The Morgan fingerprint density at radius 1 is 1.22 bits per heavy atom. The maximum atomic E-state index is 12.1. The fourth-order valence-electron chi connectivity index (χ4n) is 1.89. The molecule has 0 fully saturated rings. The molecule has 0 radical (unpaired) electrons. The molecule has 0 aliphatic heterocycles. The highest BCUT2D eigenvalue weighted by molar-refractivity contribution is 6.06. The molecule has 1 aromatic heterocycles. The lowest BCUT2D eigenvalue weighted by Crippen LogP contribution is -2.14. The molecule has 23 heavy (non-hydrogen) atoms. The second kappa shape index (κ2) is 7.76. The number of carbonyl (C=O) groups excluding carboxylic acids is 1. The lowest BCUT2D eigenvalue weighted by atomic mass is 10.0. The van der Waals surface area contributed by atoms with Crippen LogP contribution in [0.4, 0.5) is 11.5 Å². The van der Waals surface area contributed by atoms with E-state index in [1.807, 2.05) is 36.4 Å². The number of hydrogen-bond donors (Lipinski definition) is 2. The third-order valence-electron chi connectivity index (χ3n) is 3.23. The number of hydrogen-bond acceptors (Lipinski definition) is 4. The standard InChI is InChI=1S/C18H18N4O/c1-13(2)14-6-8-16(9-7-14)22-18(23)15(11-19)12-21-17-5-3-4-10-20-17/h3-10,12-13H,1-2H3,(H,20,21)(H,22,23)/b15-12-. The molecule has 0 aliphatic carbocycles. The molecular formula is C18H18N4O. The van der Waals surface area contributed by atoms with Gasteiger partial charge in [0.15, 0.2) is 0 Å². The number of aromatic nitrogens is 1. The van der Waals surface area contributed by atoms with Crippen molar-refractivity contribution in [2.24, 2.45) is 0 Å². The Labute approximate surface area is 135 Å². The number of nitrogens with zero attached hydrogens (tertiary/aromatic N) is 2. The average Bonchev–Trinajstić information content (AvgIpc) is 2.57. The van der Waals surface area contributed by atoms with E-state index < -0.39 is 5.91 Å². The van der Waals surface area contributed by atoms with Crippen molar-refractivity contribution >= 4 is 17.4 Å². The van der Waals surface area contributed by atoms with Crippen LogP contribution in [-0.2, 0) is 4.79 Å². The summed E-state index contributed by atoms with van der Waals surface area (Å²) in [7, 11) is 0. The molecule has 0 saturated heterocycles. The van der Waals surface area contributed by atoms with Crippen molar-refractivity contribution < 1.29 is 4.79 Å². The van der Waals surface area contributed by atoms with Crippen molar-refractivity contribution in [1.29, 1.82) is 5.26 Å². The van der Waals surface area contributed by atoms with E-state index >= 15 is 0 Å². The van der Waals surface area contributed by atoms with Gasteiger partial charge >= 0.3 is 0 Å². The summed E-state index contributed by atoms with van der Waals surface area (Å²) in [5.41, 5.74) is 1.82. The number of nitrogens with one attached hydrogen (secondary N) is 2. The van der Waals surface area contributed by atoms with Crippen LogP contribution in [0.15, 0.2) is 60.4 Å². The van der Waals surface area contributed by atoms with Gasteiger partial charge in [-0.15, -0.1) is 0 Å². The minimum atomic E-state index is -0.465. The van der Waals surface area contributed by atoms with E-state index in [0.29, 0.717) is 17.4 Å². The molecule has 2 aromatic rings. The van der Waals surface area contributed by atoms with E-state index in [-0.39, 0.29) is 5.57 Å². The SMILES string of the molecule is CC(C)c1ccc(NC(=O)/C(C#N)=C\Nc2ccccn2)cc1. The van der Waals surface area contributed by atoms with Gasteiger partial charge in [0.1, 0.15) is 17.5 Å². The van der Waals surface area contributed by atoms with Crippen LogP contribution in [0.25, 0.3) is 0 Å².